The number of benzene rings is 3. The van der Waals surface area contributed by atoms with Crippen molar-refractivity contribution in [3.63, 3.8) is 0 Å². The lowest BCUT2D eigenvalue weighted by molar-refractivity contribution is -0.145. The molecule has 0 unspecified atom stereocenters. The van der Waals surface area contributed by atoms with E-state index in [0.717, 1.165) is 0 Å². The molecule has 1 aromatic heterocycles. The first-order valence-electron chi connectivity index (χ1n) is 25.0. The van der Waals surface area contributed by atoms with E-state index in [2.05, 4.69) is 36.9 Å². The number of nitrogens with zero attached hydrogens (tertiary/aromatic N) is 1. The Morgan fingerprint density at radius 1 is 0.628 bits per heavy atom. The van der Waals surface area contributed by atoms with Crippen molar-refractivity contribution < 1.29 is 68.1 Å². The molecular formula is C52H66N12O14. The number of carboxylic acid groups (broad SMARTS) is 1. The summed E-state index contributed by atoms with van der Waals surface area (Å²) in [4.78, 5) is 151. The Hall–Kier alpha value is -8.91. The highest BCUT2D eigenvalue weighted by molar-refractivity contribution is 5.99. The summed E-state index contributed by atoms with van der Waals surface area (Å²) in [6.45, 7) is 1.15. The van der Waals surface area contributed by atoms with Crippen molar-refractivity contribution in [2.75, 3.05) is 6.54 Å². The molecule has 78 heavy (non-hydrogen) atoms. The molecule has 4 aromatic rings. The third-order valence-electron chi connectivity index (χ3n) is 12.9. The number of phenolic OH excluding ortho intramolecular Hbond substituents is 1. The average Bonchev–Trinajstić information content (AvgIpc) is 4.07. The second-order valence-electron chi connectivity index (χ2n) is 19.0. The highest BCUT2D eigenvalue weighted by atomic mass is 16.4. The molecule has 1 aliphatic heterocycles. The number of carbonyl (C=O) groups excluding carboxylic acids is 10. The summed E-state index contributed by atoms with van der Waals surface area (Å²) < 4.78 is 0. The van der Waals surface area contributed by atoms with Crippen LogP contribution in [0.3, 0.4) is 0 Å². The van der Waals surface area contributed by atoms with E-state index < -0.39 is 132 Å². The molecule has 18 N–H and O–H groups in total. The number of nitrogens with two attached hydrogens (primary N) is 4. The Kier molecular flexibility index (Phi) is 21.7. The van der Waals surface area contributed by atoms with Crippen molar-refractivity contribution in [3.8, 4) is 5.75 Å². The minimum atomic E-state index is -1.83. The van der Waals surface area contributed by atoms with Crippen molar-refractivity contribution in [1.82, 2.24) is 41.8 Å². The van der Waals surface area contributed by atoms with Gasteiger partial charge in [0.1, 0.15) is 42.0 Å². The number of aliphatic hydroxyl groups excluding tert-OH is 1. The van der Waals surface area contributed by atoms with E-state index in [9.17, 15) is 68.1 Å². The van der Waals surface area contributed by atoms with Gasteiger partial charge < -0.3 is 80.0 Å². The van der Waals surface area contributed by atoms with Crippen LogP contribution in [0, 0.1) is 0 Å². The number of fused-ring (bicyclic) bond motifs is 1. The van der Waals surface area contributed by atoms with Gasteiger partial charge in [-0.25, -0.2) is 4.79 Å². The average molecular weight is 1080 g/mol. The quantitative estimate of drug-likeness (QED) is 0.0258. The number of aromatic nitrogens is 1. The summed E-state index contributed by atoms with van der Waals surface area (Å²) in [6.07, 6.45) is -2.29. The topological polar surface area (TPSA) is 444 Å². The molecule has 5 rings (SSSR count). The van der Waals surface area contributed by atoms with Gasteiger partial charge in [0, 0.05) is 55.7 Å². The Morgan fingerprint density at radius 3 is 1.81 bits per heavy atom. The van der Waals surface area contributed by atoms with Crippen LogP contribution >= 0.6 is 0 Å². The van der Waals surface area contributed by atoms with Crippen LogP contribution in [0.4, 0.5) is 0 Å². The number of aliphatic hydroxyl groups is 1. The number of H-pyrrole nitrogens is 1. The van der Waals surface area contributed by atoms with Gasteiger partial charge in [0.15, 0.2) is 6.04 Å². The molecule has 0 radical (unpaired) electrons. The van der Waals surface area contributed by atoms with Crippen molar-refractivity contribution >= 4 is 75.9 Å². The summed E-state index contributed by atoms with van der Waals surface area (Å²) in [5.41, 5.74) is 24.3. The van der Waals surface area contributed by atoms with E-state index in [1.54, 1.807) is 60.8 Å². The lowest BCUT2D eigenvalue weighted by atomic mass is 10.0. The van der Waals surface area contributed by atoms with E-state index in [4.69, 9.17) is 22.9 Å². The van der Waals surface area contributed by atoms with Gasteiger partial charge in [-0.3, -0.25) is 47.9 Å². The number of nitrogens with one attached hydrogen (secondary N) is 7. The minimum absolute atomic E-state index is 0.0194. The molecule has 26 nitrogen and oxygen atoms in total. The van der Waals surface area contributed by atoms with Crippen LogP contribution in [0.1, 0.15) is 68.6 Å². The number of hydrogen-bond donors (Lipinski definition) is 14. The van der Waals surface area contributed by atoms with Crippen LogP contribution in [0.15, 0.2) is 85.1 Å². The fourth-order valence-corrected chi connectivity index (χ4v) is 8.76. The smallest absolute Gasteiger partial charge is 0.328 e. The summed E-state index contributed by atoms with van der Waals surface area (Å²) in [6, 6.07) is 8.84. The van der Waals surface area contributed by atoms with Crippen LogP contribution in [-0.4, -0.2) is 151 Å². The molecule has 1 saturated heterocycles. The zero-order valence-electron chi connectivity index (χ0n) is 42.6. The summed E-state index contributed by atoms with van der Waals surface area (Å²) in [7, 11) is 0. The fourth-order valence-electron chi connectivity index (χ4n) is 8.76. The molecule has 0 spiro atoms. The standard InChI is InChI=1S/C52H66N12O14/c1-27(65)44(52(77)78)63-49(74)36(22-28-8-3-2-4-9-28)61-50(75)40-12-7-21-64(40)51(76)39(23-29-13-15-31(66)16-14-29)62-48(73)38(25-43(56)69)60-47(72)37(24-30-26-57-34-11-6-5-10-32(30)34)59-46(71)35(18-20-42(55)68)58-45(70)33(53)17-19-41(54)67/h2-6,8-11,13-16,26-27,33,35-40,44,57,65-66H,7,12,17-25,53H2,1H3,(H2,54,67)(H2,55,68)(H2,56,69)(H,58,70)(H,59,71)(H,60,72)(H,61,75)(H,62,73)(H,63,74)(H,77,78)/t27-,33+,35+,36+,37+,38+,39+,40+,44+/m1/s1. The van der Waals surface area contributed by atoms with Crippen LogP contribution in [0.25, 0.3) is 10.9 Å². The number of amides is 10. The van der Waals surface area contributed by atoms with E-state index in [-0.39, 0.29) is 63.7 Å². The molecule has 1 aliphatic rings. The van der Waals surface area contributed by atoms with E-state index >= 15 is 0 Å². The maximum Gasteiger partial charge on any atom is 0.328 e. The van der Waals surface area contributed by atoms with Crippen LogP contribution < -0.4 is 54.8 Å². The number of likely N-dealkylation sites (tertiary alicyclic amines) is 1. The number of aromatic amines is 1. The maximum absolute atomic E-state index is 14.8. The molecule has 0 saturated carbocycles. The van der Waals surface area contributed by atoms with E-state index in [0.29, 0.717) is 27.6 Å². The van der Waals surface area contributed by atoms with Crippen LogP contribution in [0.5, 0.6) is 5.75 Å². The normalized spacial score (nSPS) is 16.1. The van der Waals surface area contributed by atoms with Crippen molar-refractivity contribution in [1.29, 1.82) is 0 Å². The fraction of sp³-hybridized carbons (Fsp3) is 0.404. The van der Waals surface area contributed by atoms with Gasteiger partial charge in [-0.15, -0.1) is 0 Å². The number of para-hydroxylation sites is 1. The predicted molar refractivity (Wildman–Crippen MR) is 278 cm³/mol. The number of aromatic hydroxyl groups is 1. The number of rotatable bonds is 29. The largest absolute Gasteiger partial charge is 0.508 e. The third-order valence-corrected chi connectivity index (χ3v) is 12.9. The van der Waals surface area contributed by atoms with Gasteiger partial charge in [-0.2, -0.15) is 0 Å². The predicted octanol–water partition coefficient (Wildman–Crippen LogP) is -3.00. The Balaban J connectivity index is 1.43. The monoisotopic (exact) mass is 1080 g/mol. The molecule has 0 bridgehead atoms. The maximum atomic E-state index is 14.8. The van der Waals surface area contributed by atoms with Crippen molar-refractivity contribution in [2.24, 2.45) is 22.9 Å². The van der Waals surface area contributed by atoms with Gasteiger partial charge in [-0.05, 0) is 67.5 Å². The van der Waals surface area contributed by atoms with Crippen molar-refractivity contribution in [2.45, 2.75) is 126 Å². The molecule has 3 aromatic carbocycles. The Labute approximate surface area is 447 Å². The summed E-state index contributed by atoms with van der Waals surface area (Å²) >= 11 is 0. The van der Waals surface area contributed by atoms with Gasteiger partial charge in [0.05, 0.1) is 18.6 Å². The molecule has 2 heterocycles. The molecular weight excluding hydrogens is 1020 g/mol. The number of hydrogen-bond acceptors (Lipinski definition) is 14. The summed E-state index contributed by atoms with van der Waals surface area (Å²) in [5, 5.41) is 45.4. The number of aliphatic carboxylic acids is 1. The second-order valence-corrected chi connectivity index (χ2v) is 19.0. The molecule has 10 amide bonds. The Morgan fingerprint density at radius 2 is 1.17 bits per heavy atom. The lowest BCUT2D eigenvalue weighted by Crippen LogP contribution is -2.61. The number of primary amides is 3. The molecule has 418 valence electrons. The van der Waals surface area contributed by atoms with E-state index in [1.165, 1.54) is 36.1 Å². The Bertz CT molecular complexity index is 2830. The van der Waals surface area contributed by atoms with E-state index in [1.807, 2.05) is 0 Å². The first kappa shape index (κ1) is 60.0. The summed E-state index contributed by atoms with van der Waals surface area (Å²) in [5.74, 6) is -10.9. The second kappa shape index (κ2) is 28.3. The third kappa shape index (κ3) is 17.6. The molecule has 9 atom stereocenters. The molecule has 1 fully saturated rings. The molecule has 0 aliphatic carbocycles. The van der Waals surface area contributed by atoms with Crippen LogP contribution in [0.2, 0.25) is 0 Å². The minimum Gasteiger partial charge on any atom is -0.508 e. The first-order valence-corrected chi connectivity index (χ1v) is 25.0. The first-order chi connectivity index (χ1) is 37.0. The van der Waals surface area contributed by atoms with Gasteiger partial charge in [0.2, 0.25) is 59.1 Å². The zero-order chi connectivity index (χ0) is 57.2. The van der Waals surface area contributed by atoms with Gasteiger partial charge in [0.25, 0.3) is 0 Å². The van der Waals surface area contributed by atoms with Gasteiger partial charge in [-0.1, -0.05) is 60.7 Å². The molecule has 26 heteroatoms. The van der Waals surface area contributed by atoms with Crippen LogP contribution in [-0.2, 0) is 72.0 Å². The number of phenols is 1. The number of carboxylic acids is 1. The number of carbonyl (C=O) groups is 11. The highest BCUT2D eigenvalue weighted by Crippen LogP contribution is 2.23. The van der Waals surface area contributed by atoms with Crippen molar-refractivity contribution in [3.05, 3.63) is 102 Å². The zero-order valence-corrected chi connectivity index (χ0v) is 42.6. The lowest BCUT2D eigenvalue weighted by Gasteiger charge is -2.31. The highest BCUT2D eigenvalue weighted by Gasteiger charge is 2.41. The SMILES string of the molecule is C[C@@H](O)[C@H](NC(=O)[C@H](Cc1ccccc1)NC(=O)[C@@H]1CCCN1C(=O)[C@H](Cc1ccc(O)cc1)NC(=O)[C@H](CC(N)=O)NC(=O)[C@H](Cc1c[nH]c2ccccc12)NC(=O)[C@H](CCC(N)=O)NC(=O)[C@@H](N)CCC(N)=O)C(=O)O. The van der Waals surface area contributed by atoms with Gasteiger partial charge >= 0.3 is 5.97 Å².